The van der Waals surface area contributed by atoms with Crippen LogP contribution in [0.1, 0.15) is 31.2 Å². The molecule has 3 saturated heterocycles. The van der Waals surface area contributed by atoms with Crippen LogP contribution in [0.5, 0.6) is 0 Å². The first kappa shape index (κ1) is 23.7. The zero-order chi connectivity index (χ0) is 24.1. The summed E-state index contributed by atoms with van der Waals surface area (Å²) in [6, 6.07) is 16.3. The lowest BCUT2D eigenvalue weighted by molar-refractivity contribution is -0.151. The molecule has 5 rings (SSSR count). The predicted octanol–water partition coefficient (Wildman–Crippen LogP) is 4.00. The number of fused-ring (bicyclic) bond motifs is 4. The third kappa shape index (κ3) is 5.21. The van der Waals surface area contributed by atoms with E-state index in [1.165, 1.54) is 6.07 Å². The van der Waals surface area contributed by atoms with E-state index in [0.29, 0.717) is 31.8 Å². The minimum atomic E-state index is -0.250. The maximum absolute atomic E-state index is 13.8. The normalized spacial score (nSPS) is 25.5. The van der Waals surface area contributed by atoms with Gasteiger partial charge < -0.3 is 20.2 Å². The maximum atomic E-state index is 13.8. The number of piperidine rings is 3. The van der Waals surface area contributed by atoms with Gasteiger partial charge in [0, 0.05) is 37.3 Å². The number of nitrogens with zero attached hydrogens (tertiary/aromatic N) is 2. The third-order valence-corrected chi connectivity index (χ3v) is 7.14. The molecular formula is C26H30FN3O4. The molecule has 3 amide bonds. The number of likely N-dealkylation sites (tertiary alicyclic amines) is 1. The number of halogens is 1. The van der Waals surface area contributed by atoms with Gasteiger partial charge in [-0.15, -0.1) is 0 Å². The molecule has 2 bridgehead atoms. The van der Waals surface area contributed by atoms with Gasteiger partial charge in [-0.3, -0.25) is 9.59 Å². The topological polar surface area (TPSA) is 90.0 Å². The summed E-state index contributed by atoms with van der Waals surface area (Å²) in [6.45, 7) is 1.04. The molecule has 2 aromatic carbocycles. The molecule has 3 fully saturated rings. The van der Waals surface area contributed by atoms with Gasteiger partial charge in [0.2, 0.25) is 5.91 Å². The van der Waals surface area contributed by atoms with Crippen LogP contribution in [-0.4, -0.2) is 58.5 Å². The Kier molecular flexibility index (Phi) is 7.45. The lowest BCUT2D eigenvalue weighted by Gasteiger charge is -2.56. The molecule has 34 heavy (non-hydrogen) atoms. The summed E-state index contributed by atoms with van der Waals surface area (Å²) in [4.78, 5) is 38.3. The lowest BCUT2D eigenvalue weighted by Crippen LogP contribution is -2.66. The van der Waals surface area contributed by atoms with Crippen molar-refractivity contribution in [3.63, 3.8) is 0 Å². The van der Waals surface area contributed by atoms with Crippen LogP contribution in [0, 0.1) is 17.7 Å². The van der Waals surface area contributed by atoms with Crippen LogP contribution in [0.4, 0.5) is 14.9 Å². The van der Waals surface area contributed by atoms with Gasteiger partial charge >= 0.3 is 6.03 Å². The number of rotatable bonds is 3. The second kappa shape index (κ2) is 10.7. The number of para-hydroxylation sites is 1. The highest BCUT2D eigenvalue weighted by atomic mass is 19.1. The first-order valence-electron chi connectivity index (χ1n) is 11.7. The molecule has 3 aliphatic heterocycles. The van der Waals surface area contributed by atoms with Crippen molar-refractivity contribution < 1.29 is 23.9 Å². The van der Waals surface area contributed by atoms with Crippen LogP contribution in [0.2, 0.25) is 0 Å². The minimum Gasteiger partial charge on any atom is -0.483 e. The molecule has 0 aliphatic carbocycles. The molecule has 7 nitrogen and oxygen atoms in total. The van der Waals surface area contributed by atoms with Crippen molar-refractivity contribution in [2.45, 2.75) is 44.2 Å². The van der Waals surface area contributed by atoms with Crippen LogP contribution >= 0.6 is 0 Å². The number of urea groups is 1. The molecular weight excluding hydrogens is 437 g/mol. The zero-order valence-corrected chi connectivity index (χ0v) is 19.0. The van der Waals surface area contributed by atoms with Crippen LogP contribution in [-0.2, 0) is 16.0 Å². The fourth-order valence-electron chi connectivity index (χ4n) is 5.83. The Hall–Kier alpha value is -3.42. The predicted molar refractivity (Wildman–Crippen MR) is 126 cm³/mol. The Balaban J connectivity index is 0.000000868. The highest BCUT2D eigenvalue weighted by Gasteiger charge is 2.49. The summed E-state index contributed by atoms with van der Waals surface area (Å²) >= 11 is 0. The van der Waals surface area contributed by atoms with Gasteiger partial charge in [0.15, 0.2) is 0 Å². The summed E-state index contributed by atoms with van der Waals surface area (Å²) in [6.07, 6.45) is 4.13. The van der Waals surface area contributed by atoms with Crippen LogP contribution in [0.15, 0.2) is 54.6 Å². The van der Waals surface area contributed by atoms with E-state index in [1.807, 2.05) is 41.3 Å². The van der Waals surface area contributed by atoms with Gasteiger partial charge in [-0.1, -0.05) is 30.3 Å². The first-order valence-corrected chi connectivity index (χ1v) is 11.7. The smallest absolute Gasteiger partial charge is 0.321 e. The number of hydrogen-bond donors (Lipinski definition) is 2. The maximum Gasteiger partial charge on any atom is 0.321 e. The third-order valence-electron chi connectivity index (χ3n) is 7.14. The monoisotopic (exact) mass is 467 g/mol. The zero-order valence-electron chi connectivity index (χ0n) is 19.0. The van der Waals surface area contributed by atoms with Crippen LogP contribution in [0.3, 0.4) is 0 Å². The summed E-state index contributed by atoms with van der Waals surface area (Å²) in [5, 5.41) is 9.90. The van der Waals surface area contributed by atoms with Crippen LogP contribution < -0.4 is 5.32 Å². The molecule has 0 spiro atoms. The fraction of sp³-hybridized carbons (Fsp3) is 0.423. The summed E-state index contributed by atoms with van der Waals surface area (Å²) < 4.78 is 13.8. The number of benzene rings is 2. The minimum absolute atomic E-state index is 0.00294. The molecule has 3 heterocycles. The Morgan fingerprint density at radius 3 is 2.59 bits per heavy atom. The summed E-state index contributed by atoms with van der Waals surface area (Å²) in [5.41, 5.74) is 1.69. The summed E-state index contributed by atoms with van der Waals surface area (Å²) in [7, 11) is 0. The van der Waals surface area contributed by atoms with Gasteiger partial charge in [0.1, 0.15) is 5.82 Å². The Bertz CT molecular complexity index is 1020. The fourth-order valence-corrected chi connectivity index (χ4v) is 5.83. The Labute approximate surface area is 198 Å². The van der Waals surface area contributed by atoms with Crippen molar-refractivity contribution in [2.24, 2.45) is 11.8 Å². The van der Waals surface area contributed by atoms with Gasteiger partial charge in [0.25, 0.3) is 6.47 Å². The van der Waals surface area contributed by atoms with Crippen molar-refractivity contribution in [2.75, 3.05) is 18.4 Å². The largest absolute Gasteiger partial charge is 0.483 e. The molecule has 8 heteroatoms. The molecule has 4 atom stereocenters. The molecule has 0 radical (unpaired) electrons. The second-order valence-electron chi connectivity index (χ2n) is 9.22. The van der Waals surface area contributed by atoms with Gasteiger partial charge in [0.05, 0.1) is 0 Å². The average molecular weight is 468 g/mol. The average Bonchev–Trinajstić information content (AvgIpc) is 2.83. The van der Waals surface area contributed by atoms with Crippen molar-refractivity contribution in [3.05, 3.63) is 66.0 Å². The Morgan fingerprint density at radius 2 is 1.85 bits per heavy atom. The lowest BCUT2D eigenvalue weighted by atomic mass is 9.71. The number of hydrogen-bond acceptors (Lipinski definition) is 3. The van der Waals surface area contributed by atoms with E-state index in [1.54, 1.807) is 12.1 Å². The molecule has 0 unspecified atom stereocenters. The van der Waals surface area contributed by atoms with Gasteiger partial charge in [-0.2, -0.15) is 0 Å². The van der Waals surface area contributed by atoms with Crippen molar-refractivity contribution >= 4 is 24.1 Å². The SMILES string of the molecule is O=C(Nc1ccccc1)N1C[C@H]2C[C@@H](C1)[C@H](Cc1cccc(F)c1)N1C(=O)CCC[C@@H]21.O=CO. The first-order chi connectivity index (χ1) is 16.5. The van der Waals surface area contributed by atoms with Crippen molar-refractivity contribution in [1.82, 2.24) is 9.80 Å². The number of carbonyl (C=O) groups excluding carboxylic acids is 2. The molecule has 180 valence electrons. The number of nitrogens with one attached hydrogen (secondary N) is 1. The number of anilines is 1. The molecule has 2 aromatic rings. The molecule has 3 aliphatic rings. The second-order valence-corrected chi connectivity index (χ2v) is 9.22. The highest BCUT2D eigenvalue weighted by Crippen LogP contribution is 2.42. The van der Waals surface area contributed by atoms with Crippen LogP contribution in [0.25, 0.3) is 0 Å². The van der Waals surface area contributed by atoms with E-state index in [2.05, 4.69) is 10.2 Å². The van der Waals surface area contributed by atoms with Gasteiger partial charge in [-0.25, -0.2) is 9.18 Å². The van der Waals surface area contributed by atoms with Crippen molar-refractivity contribution in [3.8, 4) is 0 Å². The van der Waals surface area contributed by atoms with E-state index in [-0.39, 0.29) is 42.2 Å². The van der Waals surface area contributed by atoms with Gasteiger partial charge in [-0.05, 0) is 67.3 Å². The van der Waals surface area contributed by atoms with E-state index in [9.17, 15) is 14.0 Å². The van der Waals surface area contributed by atoms with Crippen molar-refractivity contribution in [1.29, 1.82) is 0 Å². The number of amides is 3. The standard InChI is InChI=1S/C25H28FN3O2.CH2O2/c26-20-7-4-6-17(12-20)13-23-19-14-18(22-10-5-11-24(30)29(22)23)15-28(16-19)25(31)27-21-8-2-1-3-9-21;2-1-3/h1-4,6-9,12,18-19,22-23H,5,10-11,13-16H2,(H,27,31);1H,(H,2,3)/t18-,19+,22+,23+;/m1./s1. The van der Waals surface area contributed by atoms with E-state index in [4.69, 9.17) is 9.90 Å². The highest BCUT2D eigenvalue weighted by molar-refractivity contribution is 5.89. The van der Waals surface area contributed by atoms with E-state index >= 15 is 0 Å². The Morgan fingerprint density at radius 1 is 1.12 bits per heavy atom. The quantitative estimate of drug-likeness (QED) is 0.668. The number of carbonyl (C=O) groups is 3. The molecule has 2 N–H and O–H groups in total. The summed E-state index contributed by atoms with van der Waals surface area (Å²) in [5.74, 6) is 0.463. The van der Waals surface area contributed by atoms with E-state index < -0.39 is 0 Å². The van der Waals surface area contributed by atoms with E-state index in [0.717, 1.165) is 30.5 Å². The molecule has 0 saturated carbocycles. The molecule has 0 aromatic heterocycles. The number of carboxylic acid groups (broad SMARTS) is 1.